The molecule has 0 atom stereocenters. The number of aromatic nitrogens is 5. The number of nitrogens with one attached hydrogen (secondary N) is 3. The van der Waals surface area contributed by atoms with Crippen LogP contribution < -0.4 is 15.5 Å². The highest BCUT2D eigenvalue weighted by molar-refractivity contribution is 6.04. The van der Waals surface area contributed by atoms with E-state index in [9.17, 15) is 18.0 Å². The van der Waals surface area contributed by atoms with Crippen molar-refractivity contribution in [1.29, 1.82) is 0 Å². The molecular weight excluding hydrogens is 523 g/mol. The minimum atomic E-state index is -4.55. The van der Waals surface area contributed by atoms with Crippen molar-refractivity contribution in [3.63, 3.8) is 0 Å². The maximum absolute atomic E-state index is 13.1. The molecule has 2 aromatic carbocycles. The van der Waals surface area contributed by atoms with Gasteiger partial charge < -0.3 is 15.5 Å². The van der Waals surface area contributed by atoms with Crippen LogP contribution in [-0.4, -0.2) is 62.1 Å². The van der Waals surface area contributed by atoms with Gasteiger partial charge in [0.15, 0.2) is 0 Å². The monoisotopic (exact) mass is 551 g/mol. The Balaban J connectivity index is 1.40. The molecule has 0 bridgehead atoms. The van der Waals surface area contributed by atoms with Gasteiger partial charge in [-0.1, -0.05) is 12.1 Å². The zero-order valence-electron chi connectivity index (χ0n) is 21.7. The minimum absolute atomic E-state index is 0.107. The van der Waals surface area contributed by atoms with Crippen molar-refractivity contribution in [3.8, 4) is 0 Å². The van der Waals surface area contributed by atoms with E-state index >= 15 is 0 Å². The third-order valence-corrected chi connectivity index (χ3v) is 6.59. The minimum Gasteiger partial charge on any atom is -0.369 e. The van der Waals surface area contributed by atoms with Gasteiger partial charge in [-0.15, -0.1) is 0 Å². The van der Waals surface area contributed by atoms with Crippen LogP contribution in [-0.2, 0) is 6.18 Å². The SMILES string of the molecule is Cc1ccc(NC(=O)c2cccc(C(F)(F)F)c2)cc1N(c1cc(NCCN2CCCC2)ncn1)c1ncn[nH]1. The first-order valence-corrected chi connectivity index (χ1v) is 12.8. The highest BCUT2D eigenvalue weighted by Crippen LogP contribution is 2.35. The lowest BCUT2D eigenvalue weighted by Crippen LogP contribution is -2.26. The van der Waals surface area contributed by atoms with E-state index in [0.29, 0.717) is 29.0 Å². The van der Waals surface area contributed by atoms with Crippen molar-refractivity contribution in [2.75, 3.05) is 41.7 Å². The predicted octanol–water partition coefficient (Wildman–Crippen LogP) is 5.15. The van der Waals surface area contributed by atoms with Gasteiger partial charge in [0, 0.05) is 30.4 Å². The number of hydrogen-bond acceptors (Lipinski definition) is 8. The number of alkyl halides is 3. The fraction of sp³-hybridized carbons (Fsp3) is 0.296. The third-order valence-electron chi connectivity index (χ3n) is 6.59. The molecule has 0 unspecified atom stereocenters. The summed E-state index contributed by atoms with van der Waals surface area (Å²) in [7, 11) is 0. The van der Waals surface area contributed by atoms with Gasteiger partial charge in [0.2, 0.25) is 5.95 Å². The molecular formula is C27H28F3N9O. The molecule has 1 saturated heterocycles. The van der Waals surface area contributed by atoms with E-state index in [-0.39, 0.29) is 5.56 Å². The molecule has 1 aliphatic heterocycles. The van der Waals surface area contributed by atoms with Crippen LogP contribution in [0.25, 0.3) is 0 Å². The number of H-pyrrole nitrogens is 1. The molecule has 4 aromatic rings. The first kappa shape index (κ1) is 27.1. The van der Waals surface area contributed by atoms with E-state index in [1.165, 1.54) is 37.6 Å². The molecule has 208 valence electrons. The summed E-state index contributed by atoms with van der Waals surface area (Å²) in [4.78, 5) is 30.1. The maximum Gasteiger partial charge on any atom is 0.416 e. The van der Waals surface area contributed by atoms with Crippen LogP contribution in [0.4, 0.5) is 42.1 Å². The van der Waals surface area contributed by atoms with E-state index in [1.54, 1.807) is 29.2 Å². The summed E-state index contributed by atoms with van der Waals surface area (Å²) in [6.07, 6.45) is 0.717. The quantitative estimate of drug-likeness (QED) is 0.262. The lowest BCUT2D eigenvalue weighted by molar-refractivity contribution is -0.137. The summed E-state index contributed by atoms with van der Waals surface area (Å²) in [6, 6.07) is 11.2. The van der Waals surface area contributed by atoms with Crippen LogP contribution in [0, 0.1) is 6.92 Å². The van der Waals surface area contributed by atoms with Crippen LogP contribution in [0.15, 0.2) is 61.2 Å². The number of amides is 1. The topological polar surface area (TPSA) is 115 Å². The Morgan fingerprint density at radius 2 is 1.88 bits per heavy atom. The summed E-state index contributed by atoms with van der Waals surface area (Å²) in [6.45, 7) is 5.74. The van der Waals surface area contributed by atoms with Gasteiger partial charge in [-0.3, -0.25) is 9.69 Å². The zero-order valence-corrected chi connectivity index (χ0v) is 21.7. The van der Waals surface area contributed by atoms with Crippen molar-refractivity contribution < 1.29 is 18.0 Å². The Morgan fingerprint density at radius 3 is 2.62 bits per heavy atom. The summed E-state index contributed by atoms with van der Waals surface area (Å²) in [5.41, 5.74) is 0.834. The number of aromatic amines is 1. The Kier molecular flexibility index (Phi) is 7.91. The molecule has 0 saturated carbocycles. The van der Waals surface area contributed by atoms with Gasteiger partial charge in [0.25, 0.3) is 5.91 Å². The average Bonchev–Trinajstić information content (AvgIpc) is 3.66. The second-order valence-corrected chi connectivity index (χ2v) is 9.42. The third kappa shape index (κ3) is 6.37. The molecule has 13 heteroatoms. The largest absolute Gasteiger partial charge is 0.416 e. The fourth-order valence-corrected chi connectivity index (χ4v) is 4.54. The van der Waals surface area contributed by atoms with Crippen molar-refractivity contribution in [3.05, 3.63) is 77.9 Å². The molecule has 3 N–H and O–H groups in total. The summed E-state index contributed by atoms with van der Waals surface area (Å²) >= 11 is 0. The van der Waals surface area contributed by atoms with Gasteiger partial charge in [-0.25, -0.2) is 15.1 Å². The van der Waals surface area contributed by atoms with E-state index < -0.39 is 17.6 Å². The maximum atomic E-state index is 13.1. The van der Waals surface area contributed by atoms with Crippen molar-refractivity contribution in [2.45, 2.75) is 25.9 Å². The number of rotatable bonds is 9. The van der Waals surface area contributed by atoms with Crippen molar-refractivity contribution >= 4 is 34.9 Å². The van der Waals surface area contributed by atoms with Crippen LogP contribution in [0.1, 0.15) is 34.3 Å². The summed E-state index contributed by atoms with van der Waals surface area (Å²) in [5.74, 6) is 0.852. The molecule has 5 rings (SSSR count). The number of halogens is 3. The average molecular weight is 552 g/mol. The highest BCUT2D eigenvalue weighted by Gasteiger charge is 2.31. The molecule has 1 amide bonds. The van der Waals surface area contributed by atoms with Crippen LogP contribution >= 0.6 is 0 Å². The van der Waals surface area contributed by atoms with Gasteiger partial charge in [0.05, 0.1) is 11.3 Å². The first-order chi connectivity index (χ1) is 19.3. The van der Waals surface area contributed by atoms with E-state index in [0.717, 1.165) is 43.9 Å². The highest BCUT2D eigenvalue weighted by atomic mass is 19.4. The molecule has 40 heavy (non-hydrogen) atoms. The van der Waals surface area contributed by atoms with E-state index in [1.807, 2.05) is 6.92 Å². The van der Waals surface area contributed by atoms with Crippen LogP contribution in [0.5, 0.6) is 0 Å². The van der Waals surface area contributed by atoms with Gasteiger partial charge in [-0.2, -0.15) is 23.3 Å². The molecule has 10 nitrogen and oxygen atoms in total. The second kappa shape index (κ2) is 11.7. The summed E-state index contributed by atoms with van der Waals surface area (Å²) in [5, 5.41) is 12.9. The van der Waals surface area contributed by atoms with E-state index in [2.05, 4.69) is 40.7 Å². The van der Waals surface area contributed by atoms with Crippen LogP contribution in [0.3, 0.4) is 0 Å². The number of hydrogen-bond donors (Lipinski definition) is 3. The smallest absolute Gasteiger partial charge is 0.369 e. The zero-order chi connectivity index (χ0) is 28.1. The van der Waals surface area contributed by atoms with Gasteiger partial charge in [0.1, 0.15) is 24.3 Å². The summed E-state index contributed by atoms with van der Waals surface area (Å²) < 4.78 is 39.4. The Hall–Kier alpha value is -4.52. The first-order valence-electron chi connectivity index (χ1n) is 12.8. The molecule has 3 heterocycles. The molecule has 0 radical (unpaired) electrons. The number of benzene rings is 2. The van der Waals surface area contributed by atoms with Crippen molar-refractivity contribution in [2.24, 2.45) is 0 Å². The predicted molar refractivity (Wildman–Crippen MR) is 145 cm³/mol. The standard InChI is InChI=1S/C27H28F3N9O/c1-18-7-8-21(36-25(40)19-5-4-6-20(13-19)27(28,29)30)14-22(18)39(26-34-17-35-37-26)24-15-23(32-16-33-24)31-9-12-38-10-2-3-11-38/h4-8,13-17H,2-3,9-12H2,1H3,(H,36,40)(H,31,32,33)(H,34,35,37). The molecule has 2 aromatic heterocycles. The lowest BCUT2D eigenvalue weighted by Gasteiger charge is -2.24. The van der Waals surface area contributed by atoms with Gasteiger partial charge >= 0.3 is 6.18 Å². The van der Waals surface area contributed by atoms with Crippen molar-refractivity contribution in [1.82, 2.24) is 30.0 Å². The molecule has 1 fully saturated rings. The normalized spacial score (nSPS) is 13.8. The van der Waals surface area contributed by atoms with Gasteiger partial charge in [-0.05, 0) is 68.8 Å². The Bertz CT molecular complexity index is 1450. The molecule has 1 aliphatic rings. The molecule has 0 aliphatic carbocycles. The second-order valence-electron chi connectivity index (χ2n) is 9.42. The van der Waals surface area contributed by atoms with E-state index in [4.69, 9.17) is 0 Å². The number of carbonyl (C=O) groups excluding carboxylic acids is 1. The number of nitrogens with zero attached hydrogens (tertiary/aromatic N) is 6. The Labute approximate surface area is 228 Å². The lowest BCUT2D eigenvalue weighted by atomic mass is 10.1. The fourth-order valence-electron chi connectivity index (χ4n) is 4.54. The number of carbonyl (C=O) groups is 1. The molecule has 0 spiro atoms. The van der Waals surface area contributed by atoms with Crippen LogP contribution in [0.2, 0.25) is 0 Å². The number of anilines is 5. The Morgan fingerprint density at radius 1 is 1.05 bits per heavy atom. The number of aryl methyl sites for hydroxylation is 1. The number of likely N-dealkylation sites (tertiary alicyclic amines) is 1.